The van der Waals surface area contributed by atoms with Crippen LogP contribution in [0.1, 0.15) is 16.1 Å². The third kappa shape index (κ3) is 2.94. The Labute approximate surface area is 116 Å². The molecule has 0 aliphatic carbocycles. The number of aryl methyl sites for hydroxylation is 1. The van der Waals surface area contributed by atoms with Crippen molar-refractivity contribution in [2.45, 2.75) is 11.8 Å². The van der Waals surface area contributed by atoms with Gasteiger partial charge in [0.25, 0.3) is 5.91 Å². The van der Waals surface area contributed by atoms with Crippen LogP contribution < -0.4 is 11.3 Å². The number of rotatable bonds is 3. The Bertz CT molecular complexity index is 596. The van der Waals surface area contributed by atoms with E-state index in [0.717, 1.165) is 11.3 Å². The maximum absolute atomic E-state index is 11.5. The lowest BCUT2D eigenvalue weighted by atomic mass is 10.1. The van der Waals surface area contributed by atoms with Gasteiger partial charge in [-0.15, -0.1) is 11.8 Å². The number of hydrogen-bond acceptors (Lipinski definition) is 4. The summed E-state index contributed by atoms with van der Waals surface area (Å²) in [7, 11) is 0. The van der Waals surface area contributed by atoms with Crippen LogP contribution in [0.2, 0.25) is 0 Å². The molecule has 0 saturated heterocycles. The number of amides is 1. The number of benzene rings is 1. The molecule has 5 heteroatoms. The van der Waals surface area contributed by atoms with Gasteiger partial charge in [0.15, 0.2) is 0 Å². The van der Waals surface area contributed by atoms with Gasteiger partial charge < -0.3 is 0 Å². The van der Waals surface area contributed by atoms with E-state index in [1.807, 2.05) is 24.5 Å². The van der Waals surface area contributed by atoms with E-state index in [2.05, 4.69) is 22.5 Å². The number of nitrogens with two attached hydrogens (primary N) is 1. The third-order valence-corrected chi connectivity index (χ3v) is 3.59. The van der Waals surface area contributed by atoms with Gasteiger partial charge in [-0.1, -0.05) is 12.1 Å². The number of pyridine rings is 1. The SMILES string of the molecule is CSc1ccc(-c2ccc(C(=O)NN)c(C)n2)cc1. The molecule has 0 bridgehead atoms. The lowest BCUT2D eigenvalue weighted by molar-refractivity contribution is 0.0952. The number of nitrogen functional groups attached to an aromatic ring is 1. The van der Waals surface area contributed by atoms with Crippen LogP contribution in [0.4, 0.5) is 0 Å². The Morgan fingerprint density at radius 2 is 1.89 bits per heavy atom. The zero-order chi connectivity index (χ0) is 13.8. The maximum atomic E-state index is 11.5. The number of thioether (sulfide) groups is 1. The van der Waals surface area contributed by atoms with Crippen molar-refractivity contribution in [3.63, 3.8) is 0 Å². The van der Waals surface area contributed by atoms with Gasteiger partial charge in [0.05, 0.1) is 17.0 Å². The van der Waals surface area contributed by atoms with Crippen LogP contribution in [-0.4, -0.2) is 17.1 Å². The quantitative estimate of drug-likeness (QED) is 0.390. The summed E-state index contributed by atoms with van der Waals surface area (Å²) in [5.74, 6) is 4.80. The third-order valence-electron chi connectivity index (χ3n) is 2.85. The smallest absolute Gasteiger partial charge is 0.267 e. The van der Waals surface area contributed by atoms with Crippen LogP contribution in [0, 0.1) is 6.92 Å². The fraction of sp³-hybridized carbons (Fsp3) is 0.143. The summed E-state index contributed by atoms with van der Waals surface area (Å²) in [5, 5.41) is 0. The second-order valence-electron chi connectivity index (χ2n) is 4.03. The first-order valence-corrected chi connectivity index (χ1v) is 7.01. The molecule has 0 spiro atoms. The van der Waals surface area contributed by atoms with E-state index < -0.39 is 0 Å². The van der Waals surface area contributed by atoms with Gasteiger partial charge >= 0.3 is 0 Å². The Morgan fingerprint density at radius 3 is 2.42 bits per heavy atom. The van der Waals surface area contributed by atoms with E-state index in [0.29, 0.717) is 11.3 Å². The molecule has 1 aromatic carbocycles. The fourth-order valence-electron chi connectivity index (χ4n) is 1.80. The molecule has 19 heavy (non-hydrogen) atoms. The summed E-state index contributed by atoms with van der Waals surface area (Å²) in [5.41, 5.74) is 5.14. The van der Waals surface area contributed by atoms with Gasteiger partial charge in [0.1, 0.15) is 0 Å². The summed E-state index contributed by atoms with van der Waals surface area (Å²) in [4.78, 5) is 17.1. The molecule has 0 atom stereocenters. The molecule has 2 rings (SSSR count). The van der Waals surface area contributed by atoms with Crippen molar-refractivity contribution in [3.05, 3.63) is 47.7 Å². The summed E-state index contributed by atoms with van der Waals surface area (Å²) in [6, 6.07) is 11.7. The fourth-order valence-corrected chi connectivity index (χ4v) is 2.21. The monoisotopic (exact) mass is 273 g/mol. The van der Waals surface area contributed by atoms with Crippen LogP contribution in [0.5, 0.6) is 0 Å². The molecule has 1 heterocycles. The number of nitrogens with zero attached hydrogens (tertiary/aromatic N) is 1. The van der Waals surface area contributed by atoms with Crippen molar-refractivity contribution >= 4 is 17.7 Å². The first-order valence-electron chi connectivity index (χ1n) is 5.78. The predicted octanol–water partition coefficient (Wildman–Crippen LogP) is 2.38. The lowest BCUT2D eigenvalue weighted by Gasteiger charge is -2.07. The van der Waals surface area contributed by atoms with Crippen LogP contribution in [0.25, 0.3) is 11.3 Å². The molecule has 1 aromatic heterocycles. The van der Waals surface area contributed by atoms with E-state index >= 15 is 0 Å². The predicted molar refractivity (Wildman–Crippen MR) is 77.8 cm³/mol. The zero-order valence-corrected chi connectivity index (χ0v) is 11.6. The maximum Gasteiger partial charge on any atom is 0.267 e. The first kappa shape index (κ1) is 13.6. The average molecular weight is 273 g/mol. The van der Waals surface area contributed by atoms with Gasteiger partial charge in [-0.3, -0.25) is 15.2 Å². The summed E-state index contributed by atoms with van der Waals surface area (Å²) in [6.07, 6.45) is 2.04. The molecule has 0 aliphatic rings. The highest BCUT2D eigenvalue weighted by Crippen LogP contribution is 2.22. The number of hydrazine groups is 1. The molecule has 0 aliphatic heterocycles. The first-order chi connectivity index (χ1) is 9.15. The number of carbonyl (C=O) groups excluding carboxylic acids is 1. The zero-order valence-electron chi connectivity index (χ0n) is 10.8. The van der Waals surface area contributed by atoms with Gasteiger partial charge in [-0.05, 0) is 37.4 Å². The van der Waals surface area contributed by atoms with Crippen LogP contribution in [0.3, 0.4) is 0 Å². The normalized spacial score (nSPS) is 10.3. The average Bonchev–Trinajstić information content (AvgIpc) is 2.46. The van der Waals surface area contributed by atoms with E-state index in [9.17, 15) is 4.79 Å². The molecule has 0 unspecified atom stereocenters. The summed E-state index contributed by atoms with van der Waals surface area (Å²) >= 11 is 1.70. The second-order valence-corrected chi connectivity index (χ2v) is 4.91. The number of aromatic nitrogens is 1. The second kappa shape index (κ2) is 5.86. The molecular formula is C14H15N3OS. The van der Waals surface area contributed by atoms with E-state index in [1.165, 1.54) is 4.90 Å². The highest BCUT2D eigenvalue weighted by molar-refractivity contribution is 7.98. The Morgan fingerprint density at radius 1 is 1.21 bits per heavy atom. The van der Waals surface area contributed by atoms with Crippen LogP contribution in [0.15, 0.2) is 41.3 Å². The molecule has 2 aromatic rings. The Hall–Kier alpha value is -1.85. The number of hydrogen-bond donors (Lipinski definition) is 2. The molecule has 4 nitrogen and oxygen atoms in total. The van der Waals surface area contributed by atoms with E-state index in [-0.39, 0.29) is 5.91 Å². The lowest BCUT2D eigenvalue weighted by Crippen LogP contribution is -2.30. The Balaban J connectivity index is 2.35. The summed E-state index contributed by atoms with van der Waals surface area (Å²) < 4.78 is 0. The van der Waals surface area contributed by atoms with Crippen LogP contribution in [-0.2, 0) is 0 Å². The molecule has 1 amide bonds. The van der Waals surface area contributed by atoms with Crippen LogP contribution >= 0.6 is 11.8 Å². The van der Waals surface area contributed by atoms with Crippen molar-refractivity contribution in [1.82, 2.24) is 10.4 Å². The standard InChI is InChI=1S/C14H15N3OS/c1-9-12(14(18)17-15)7-8-13(16-9)10-3-5-11(19-2)6-4-10/h3-8H,15H2,1-2H3,(H,17,18). The van der Waals surface area contributed by atoms with E-state index in [4.69, 9.17) is 5.84 Å². The van der Waals surface area contributed by atoms with Gasteiger partial charge in [0.2, 0.25) is 0 Å². The molecular weight excluding hydrogens is 258 g/mol. The molecule has 3 N–H and O–H groups in total. The van der Waals surface area contributed by atoms with Crippen molar-refractivity contribution in [3.8, 4) is 11.3 Å². The van der Waals surface area contributed by atoms with Gasteiger partial charge in [0, 0.05) is 10.5 Å². The minimum absolute atomic E-state index is 0.325. The molecule has 0 fully saturated rings. The topological polar surface area (TPSA) is 68.0 Å². The molecule has 98 valence electrons. The Kier molecular flexibility index (Phi) is 4.19. The minimum Gasteiger partial charge on any atom is -0.290 e. The van der Waals surface area contributed by atoms with Crippen molar-refractivity contribution in [2.75, 3.05) is 6.26 Å². The van der Waals surface area contributed by atoms with Gasteiger partial charge in [-0.2, -0.15) is 0 Å². The highest BCUT2D eigenvalue weighted by Gasteiger charge is 2.09. The van der Waals surface area contributed by atoms with Crippen molar-refractivity contribution < 1.29 is 4.79 Å². The minimum atomic E-state index is -0.325. The highest BCUT2D eigenvalue weighted by atomic mass is 32.2. The van der Waals surface area contributed by atoms with E-state index in [1.54, 1.807) is 24.8 Å². The van der Waals surface area contributed by atoms with Crippen molar-refractivity contribution in [1.29, 1.82) is 0 Å². The molecule has 0 saturated carbocycles. The largest absolute Gasteiger partial charge is 0.290 e. The van der Waals surface area contributed by atoms with Crippen molar-refractivity contribution in [2.24, 2.45) is 5.84 Å². The molecule has 0 radical (unpaired) electrons. The number of nitrogens with one attached hydrogen (secondary N) is 1. The number of carbonyl (C=O) groups is 1. The van der Waals surface area contributed by atoms with Gasteiger partial charge in [-0.25, -0.2) is 5.84 Å². The summed E-state index contributed by atoms with van der Waals surface area (Å²) in [6.45, 7) is 1.80.